The molecule has 0 aliphatic carbocycles. The fourth-order valence-electron chi connectivity index (χ4n) is 2.25. The lowest BCUT2D eigenvalue weighted by Gasteiger charge is -2.21. The molecule has 0 amide bonds. The molecule has 0 spiro atoms. The van der Waals surface area contributed by atoms with E-state index in [1.54, 1.807) is 0 Å². The quantitative estimate of drug-likeness (QED) is 0.724. The van der Waals surface area contributed by atoms with Gasteiger partial charge in [0, 0.05) is 18.8 Å². The van der Waals surface area contributed by atoms with E-state index in [1.165, 1.54) is 17.0 Å². The van der Waals surface area contributed by atoms with Crippen LogP contribution in [0.4, 0.5) is 20.3 Å². The van der Waals surface area contributed by atoms with Crippen molar-refractivity contribution in [2.24, 2.45) is 0 Å². The van der Waals surface area contributed by atoms with Gasteiger partial charge in [-0.1, -0.05) is 6.92 Å². The Kier molecular flexibility index (Phi) is 6.09. The van der Waals surface area contributed by atoms with E-state index in [9.17, 15) is 22.0 Å². The zero-order valence-electron chi connectivity index (χ0n) is 13.8. The number of pyridine rings is 1. The maximum absolute atomic E-state index is 13.2. The zero-order chi connectivity index (χ0) is 19.3. The van der Waals surface area contributed by atoms with Crippen LogP contribution in [0, 0.1) is 11.6 Å². The second-order valence-electron chi connectivity index (χ2n) is 5.43. The number of hydrogen-bond acceptors (Lipinski definition) is 5. The number of hydrogen-bond donors (Lipinski definition) is 2. The first kappa shape index (κ1) is 19.6. The lowest BCUT2D eigenvalue weighted by molar-refractivity contribution is -0.135. The molecule has 0 saturated carbocycles. The van der Waals surface area contributed by atoms with Gasteiger partial charge < -0.3 is 10.0 Å². The van der Waals surface area contributed by atoms with E-state index in [0.29, 0.717) is 24.8 Å². The van der Waals surface area contributed by atoms with Gasteiger partial charge in [-0.2, -0.15) is 0 Å². The normalized spacial score (nSPS) is 11.2. The fourth-order valence-corrected chi connectivity index (χ4v) is 3.24. The molecule has 1 aromatic heterocycles. The van der Waals surface area contributed by atoms with Gasteiger partial charge in [-0.25, -0.2) is 22.2 Å². The number of halogens is 2. The Morgan fingerprint density at radius 3 is 2.38 bits per heavy atom. The summed E-state index contributed by atoms with van der Waals surface area (Å²) in [5.41, 5.74) is -0.259. The number of carboxylic acids is 1. The Balaban J connectivity index is 2.23. The summed E-state index contributed by atoms with van der Waals surface area (Å²) >= 11 is 0. The van der Waals surface area contributed by atoms with Gasteiger partial charge >= 0.3 is 5.97 Å². The van der Waals surface area contributed by atoms with Crippen molar-refractivity contribution in [1.29, 1.82) is 0 Å². The maximum atomic E-state index is 13.2. The van der Waals surface area contributed by atoms with Crippen LogP contribution in [0.5, 0.6) is 0 Å². The monoisotopic (exact) mass is 385 g/mol. The first-order valence-electron chi connectivity index (χ1n) is 7.63. The minimum atomic E-state index is -4.11. The summed E-state index contributed by atoms with van der Waals surface area (Å²) in [5.74, 6) is -2.56. The number of aromatic nitrogens is 1. The molecule has 26 heavy (non-hydrogen) atoms. The molecule has 0 atom stereocenters. The molecule has 2 N–H and O–H groups in total. The number of benzene rings is 1. The predicted molar refractivity (Wildman–Crippen MR) is 91.5 cm³/mol. The topological polar surface area (TPSA) is 99.6 Å². The molecular weight excluding hydrogens is 368 g/mol. The lowest BCUT2D eigenvalue weighted by Crippen LogP contribution is -2.31. The Labute approximate surface area is 149 Å². The molecule has 1 heterocycles. The van der Waals surface area contributed by atoms with Crippen LogP contribution in [0.15, 0.2) is 41.4 Å². The third kappa shape index (κ3) is 5.12. The standard InChI is InChI=1S/C16H17F2N3O4S/c1-2-5-21(10-16(22)23)15-4-3-14(9-19-15)26(24,25)20-13-7-11(17)6-12(18)8-13/h3-4,6-9,20H,2,5,10H2,1H3,(H,22,23). The molecule has 0 saturated heterocycles. The molecule has 0 radical (unpaired) electrons. The second kappa shape index (κ2) is 8.09. The van der Waals surface area contributed by atoms with Crippen LogP contribution in [0.2, 0.25) is 0 Å². The average Bonchev–Trinajstić information content (AvgIpc) is 2.53. The van der Waals surface area contributed by atoms with Crippen molar-refractivity contribution in [2.75, 3.05) is 22.7 Å². The van der Waals surface area contributed by atoms with Crippen molar-refractivity contribution in [1.82, 2.24) is 4.98 Å². The van der Waals surface area contributed by atoms with Crippen LogP contribution < -0.4 is 9.62 Å². The van der Waals surface area contributed by atoms with E-state index in [4.69, 9.17) is 5.11 Å². The summed E-state index contributed by atoms with van der Waals surface area (Å²) in [6.45, 7) is 2.04. The van der Waals surface area contributed by atoms with Crippen LogP contribution in [-0.4, -0.2) is 37.6 Å². The van der Waals surface area contributed by atoms with Crippen LogP contribution >= 0.6 is 0 Å². The molecule has 1 aromatic carbocycles. The summed E-state index contributed by atoms with van der Waals surface area (Å²) < 4.78 is 53.0. The van der Waals surface area contributed by atoms with Gasteiger partial charge in [0.05, 0.1) is 5.69 Å². The van der Waals surface area contributed by atoms with E-state index < -0.39 is 27.6 Å². The van der Waals surface area contributed by atoms with E-state index in [0.717, 1.165) is 18.3 Å². The van der Waals surface area contributed by atoms with Crippen molar-refractivity contribution in [3.05, 3.63) is 48.2 Å². The van der Waals surface area contributed by atoms with E-state index in [-0.39, 0.29) is 17.1 Å². The third-order valence-electron chi connectivity index (χ3n) is 3.29. The number of sulfonamides is 1. The van der Waals surface area contributed by atoms with Crippen molar-refractivity contribution in [2.45, 2.75) is 18.2 Å². The minimum Gasteiger partial charge on any atom is -0.480 e. The molecular formula is C16H17F2N3O4S. The number of rotatable bonds is 8. The summed E-state index contributed by atoms with van der Waals surface area (Å²) in [6, 6.07) is 4.93. The number of nitrogens with zero attached hydrogens (tertiary/aromatic N) is 2. The van der Waals surface area contributed by atoms with Crippen LogP contribution in [0.3, 0.4) is 0 Å². The van der Waals surface area contributed by atoms with Crippen molar-refractivity contribution in [3.8, 4) is 0 Å². The molecule has 7 nitrogen and oxygen atoms in total. The van der Waals surface area contributed by atoms with E-state index >= 15 is 0 Å². The predicted octanol–water partition coefficient (Wildman–Crippen LogP) is 2.46. The molecule has 0 fully saturated rings. The van der Waals surface area contributed by atoms with Crippen LogP contribution in [0.25, 0.3) is 0 Å². The summed E-state index contributed by atoms with van der Waals surface area (Å²) in [5, 5.41) is 8.93. The lowest BCUT2D eigenvalue weighted by atomic mass is 10.3. The number of aliphatic carboxylic acids is 1. The van der Waals surface area contributed by atoms with Gasteiger partial charge in [-0.15, -0.1) is 0 Å². The molecule has 0 aliphatic rings. The Bertz CT molecular complexity index is 869. The van der Waals surface area contributed by atoms with Gasteiger partial charge in [-0.05, 0) is 30.7 Å². The first-order chi connectivity index (χ1) is 12.2. The number of anilines is 2. The van der Waals surface area contributed by atoms with E-state index in [1.807, 2.05) is 6.92 Å². The molecule has 140 valence electrons. The third-order valence-corrected chi connectivity index (χ3v) is 4.66. The molecule has 0 unspecified atom stereocenters. The van der Waals surface area contributed by atoms with E-state index in [2.05, 4.69) is 9.71 Å². The zero-order valence-corrected chi connectivity index (χ0v) is 14.6. The van der Waals surface area contributed by atoms with Crippen molar-refractivity contribution < 1.29 is 27.1 Å². The first-order valence-corrected chi connectivity index (χ1v) is 9.11. The SMILES string of the molecule is CCCN(CC(=O)O)c1ccc(S(=O)(=O)Nc2cc(F)cc(F)c2)cn1. The highest BCUT2D eigenvalue weighted by molar-refractivity contribution is 7.92. The summed E-state index contributed by atoms with van der Waals surface area (Å²) in [6.07, 6.45) is 1.74. The Hall–Kier alpha value is -2.75. The van der Waals surface area contributed by atoms with Crippen LogP contribution in [-0.2, 0) is 14.8 Å². The Morgan fingerprint density at radius 2 is 1.88 bits per heavy atom. The van der Waals surface area contributed by atoms with Gasteiger partial charge in [0.1, 0.15) is 28.9 Å². The van der Waals surface area contributed by atoms with Crippen molar-refractivity contribution in [3.63, 3.8) is 0 Å². The fraction of sp³-hybridized carbons (Fsp3) is 0.250. The molecule has 0 bridgehead atoms. The Morgan fingerprint density at radius 1 is 1.23 bits per heavy atom. The van der Waals surface area contributed by atoms with Gasteiger partial charge in [0.2, 0.25) is 0 Å². The molecule has 0 aliphatic heterocycles. The number of carboxylic acid groups (broad SMARTS) is 1. The van der Waals surface area contributed by atoms with Gasteiger partial charge in [0.15, 0.2) is 0 Å². The molecule has 2 aromatic rings. The highest BCUT2D eigenvalue weighted by Gasteiger charge is 2.17. The van der Waals surface area contributed by atoms with Crippen molar-refractivity contribution >= 4 is 27.5 Å². The summed E-state index contributed by atoms with van der Waals surface area (Å²) in [7, 11) is -4.11. The largest absolute Gasteiger partial charge is 0.480 e. The van der Waals surface area contributed by atoms with Gasteiger partial charge in [0.25, 0.3) is 10.0 Å². The molecule has 10 heteroatoms. The summed E-state index contributed by atoms with van der Waals surface area (Å²) in [4.78, 5) is 16.2. The number of nitrogens with one attached hydrogen (secondary N) is 1. The second-order valence-corrected chi connectivity index (χ2v) is 7.11. The van der Waals surface area contributed by atoms with Crippen LogP contribution in [0.1, 0.15) is 13.3 Å². The highest BCUT2D eigenvalue weighted by atomic mass is 32.2. The average molecular weight is 385 g/mol. The maximum Gasteiger partial charge on any atom is 0.323 e. The highest BCUT2D eigenvalue weighted by Crippen LogP contribution is 2.20. The smallest absolute Gasteiger partial charge is 0.323 e. The van der Waals surface area contributed by atoms with Gasteiger partial charge in [-0.3, -0.25) is 9.52 Å². The molecule has 2 rings (SSSR count). The minimum absolute atomic E-state index is 0.224. The number of carbonyl (C=O) groups is 1.